The molecular formula is C16H13ClF3NO. The number of halogens is 4. The molecule has 0 aliphatic rings. The molecule has 2 nitrogen and oxygen atoms in total. The van der Waals surface area contributed by atoms with Crippen LogP contribution < -0.4 is 0 Å². The summed E-state index contributed by atoms with van der Waals surface area (Å²) in [4.78, 5) is 5.12. The number of rotatable bonds is 4. The van der Waals surface area contributed by atoms with Crippen LogP contribution in [0.5, 0.6) is 0 Å². The zero-order valence-electron chi connectivity index (χ0n) is 11.7. The SMILES string of the molecule is C/C(=N\OCc1ccccc1)c1cc(Cl)ccc1C(F)(F)F. The molecular weight excluding hydrogens is 315 g/mol. The standard InChI is InChI=1S/C16H13ClF3NO/c1-11(21-22-10-12-5-3-2-4-6-12)14-9-13(17)7-8-15(14)16(18,19)20/h2-9H,10H2,1H3/b21-11+. The second-order valence-corrected chi connectivity index (χ2v) is 5.06. The molecule has 116 valence electrons. The highest BCUT2D eigenvalue weighted by molar-refractivity contribution is 6.31. The van der Waals surface area contributed by atoms with Crippen molar-refractivity contribution in [1.82, 2.24) is 0 Å². The van der Waals surface area contributed by atoms with Gasteiger partial charge in [-0.25, -0.2) is 0 Å². The summed E-state index contributed by atoms with van der Waals surface area (Å²) in [6.45, 7) is 1.63. The Kier molecular flexibility index (Phi) is 5.08. The van der Waals surface area contributed by atoms with Crippen LogP contribution in [0.2, 0.25) is 5.02 Å². The van der Waals surface area contributed by atoms with Gasteiger partial charge in [-0.15, -0.1) is 0 Å². The molecule has 0 saturated carbocycles. The van der Waals surface area contributed by atoms with Crippen LogP contribution >= 0.6 is 11.6 Å². The van der Waals surface area contributed by atoms with Gasteiger partial charge in [0.1, 0.15) is 6.61 Å². The molecule has 0 bridgehead atoms. The van der Waals surface area contributed by atoms with E-state index in [1.54, 1.807) is 0 Å². The zero-order valence-corrected chi connectivity index (χ0v) is 12.4. The normalized spacial score (nSPS) is 12.3. The van der Waals surface area contributed by atoms with Crippen molar-refractivity contribution in [2.45, 2.75) is 19.7 Å². The predicted octanol–water partition coefficient (Wildman–Crippen LogP) is 5.30. The van der Waals surface area contributed by atoms with E-state index in [1.807, 2.05) is 30.3 Å². The van der Waals surface area contributed by atoms with Crippen LogP contribution in [0.25, 0.3) is 0 Å². The van der Waals surface area contributed by atoms with E-state index in [1.165, 1.54) is 19.1 Å². The van der Waals surface area contributed by atoms with Crippen LogP contribution in [-0.2, 0) is 17.6 Å². The van der Waals surface area contributed by atoms with Crippen molar-refractivity contribution in [2.24, 2.45) is 5.16 Å². The lowest BCUT2D eigenvalue weighted by Crippen LogP contribution is -2.12. The molecule has 0 spiro atoms. The molecule has 0 unspecified atom stereocenters. The summed E-state index contributed by atoms with van der Waals surface area (Å²) in [5.74, 6) is 0. The minimum absolute atomic E-state index is 0.0898. The van der Waals surface area contributed by atoms with Crippen LogP contribution in [0.1, 0.15) is 23.6 Å². The number of oxime groups is 1. The van der Waals surface area contributed by atoms with E-state index in [2.05, 4.69) is 5.16 Å². The Morgan fingerprint density at radius 2 is 1.82 bits per heavy atom. The fraction of sp³-hybridized carbons (Fsp3) is 0.188. The molecule has 22 heavy (non-hydrogen) atoms. The van der Waals surface area contributed by atoms with Gasteiger partial charge in [0.05, 0.1) is 11.3 Å². The summed E-state index contributed by atoms with van der Waals surface area (Å²) in [5.41, 5.74) is 0.112. The van der Waals surface area contributed by atoms with Gasteiger partial charge in [-0.3, -0.25) is 0 Å². The van der Waals surface area contributed by atoms with Crippen LogP contribution in [0.4, 0.5) is 13.2 Å². The van der Waals surface area contributed by atoms with Crippen LogP contribution in [-0.4, -0.2) is 5.71 Å². The lowest BCUT2D eigenvalue weighted by atomic mass is 10.0. The second kappa shape index (κ2) is 6.83. The van der Waals surface area contributed by atoms with Gasteiger partial charge in [-0.05, 0) is 30.7 Å². The lowest BCUT2D eigenvalue weighted by Gasteiger charge is -2.12. The highest BCUT2D eigenvalue weighted by atomic mass is 35.5. The zero-order chi connectivity index (χ0) is 16.2. The van der Waals surface area contributed by atoms with Crippen LogP contribution in [0.15, 0.2) is 53.7 Å². The molecule has 0 radical (unpaired) electrons. The number of nitrogens with zero attached hydrogens (tertiary/aromatic N) is 1. The van der Waals surface area contributed by atoms with E-state index in [4.69, 9.17) is 16.4 Å². The molecule has 0 saturated heterocycles. The van der Waals surface area contributed by atoms with Gasteiger partial charge in [-0.1, -0.05) is 47.1 Å². The molecule has 2 aromatic carbocycles. The van der Waals surface area contributed by atoms with Gasteiger partial charge in [0.2, 0.25) is 0 Å². The molecule has 0 aliphatic heterocycles. The fourth-order valence-corrected chi connectivity index (χ4v) is 2.06. The molecule has 0 fully saturated rings. The third-order valence-electron chi connectivity index (χ3n) is 2.95. The highest BCUT2D eigenvalue weighted by Crippen LogP contribution is 2.33. The Morgan fingerprint density at radius 1 is 1.14 bits per heavy atom. The number of alkyl halides is 3. The second-order valence-electron chi connectivity index (χ2n) is 4.62. The van der Waals surface area contributed by atoms with Crippen molar-refractivity contribution < 1.29 is 18.0 Å². The number of hydrogen-bond acceptors (Lipinski definition) is 2. The number of hydrogen-bond donors (Lipinski definition) is 0. The molecule has 2 aromatic rings. The summed E-state index contributed by atoms with van der Waals surface area (Å²) in [7, 11) is 0. The van der Waals surface area contributed by atoms with Crippen molar-refractivity contribution in [2.75, 3.05) is 0 Å². The third-order valence-corrected chi connectivity index (χ3v) is 3.19. The van der Waals surface area contributed by atoms with Crippen molar-refractivity contribution >= 4 is 17.3 Å². The smallest absolute Gasteiger partial charge is 0.391 e. The summed E-state index contributed by atoms with van der Waals surface area (Å²) >= 11 is 5.78. The van der Waals surface area contributed by atoms with E-state index in [0.717, 1.165) is 11.6 Å². The summed E-state index contributed by atoms with van der Waals surface area (Å²) in [6, 6.07) is 12.6. The van der Waals surface area contributed by atoms with Gasteiger partial charge >= 0.3 is 6.18 Å². The quantitative estimate of drug-likeness (QED) is 0.551. The molecule has 0 aromatic heterocycles. The van der Waals surface area contributed by atoms with E-state index in [0.29, 0.717) is 0 Å². The van der Waals surface area contributed by atoms with Crippen molar-refractivity contribution in [3.63, 3.8) is 0 Å². The topological polar surface area (TPSA) is 21.6 Å². The first-order valence-electron chi connectivity index (χ1n) is 6.45. The van der Waals surface area contributed by atoms with Gasteiger partial charge in [-0.2, -0.15) is 13.2 Å². The van der Waals surface area contributed by atoms with Gasteiger partial charge < -0.3 is 4.84 Å². The Morgan fingerprint density at radius 3 is 2.45 bits per heavy atom. The van der Waals surface area contributed by atoms with Gasteiger partial charge in [0.25, 0.3) is 0 Å². The van der Waals surface area contributed by atoms with E-state index >= 15 is 0 Å². The van der Waals surface area contributed by atoms with Crippen LogP contribution in [0.3, 0.4) is 0 Å². The van der Waals surface area contributed by atoms with Crippen molar-refractivity contribution in [3.8, 4) is 0 Å². The molecule has 6 heteroatoms. The number of benzene rings is 2. The Hall–Kier alpha value is -2.01. The first kappa shape index (κ1) is 16.4. The maximum atomic E-state index is 13.0. The minimum atomic E-state index is -4.48. The first-order chi connectivity index (χ1) is 10.4. The van der Waals surface area contributed by atoms with E-state index in [9.17, 15) is 13.2 Å². The van der Waals surface area contributed by atoms with Gasteiger partial charge in [0.15, 0.2) is 0 Å². The molecule has 0 aliphatic carbocycles. The average molecular weight is 328 g/mol. The minimum Gasteiger partial charge on any atom is -0.391 e. The molecule has 0 N–H and O–H groups in total. The summed E-state index contributed by atoms with van der Waals surface area (Å²) in [5, 5.41) is 3.97. The molecule has 0 amide bonds. The lowest BCUT2D eigenvalue weighted by molar-refractivity contribution is -0.137. The largest absolute Gasteiger partial charge is 0.417 e. The highest BCUT2D eigenvalue weighted by Gasteiger charge is 2.34. The van der Waals surface area contributed by atoms with Crippen LogP contribution in [0, 0.1) is 0 Å². The predicted molar refractivity (Wildman–Crippen MR) is 79.9 cm³/mol. The molecule has 0 heterocycles. The summed E-state index contributed by atoms with van der Waals surface area (Å²) in [6.07, 6.45) is -4.48. The average Bonchev–Trinajstić information content (AvgIpc) is 2.47. The molecule has 2 rings (SSSR count). The monoisotopic (exact) mass is 327 g/mol. The Labute approximate surface area is 131 Å². The molecule has 0 atom stereocenters. The van der Waals surface area contributed by atoms with Crippen molar-refractivity contribution in [1.29, 1.82) is 0 Å². The maximum absolute atomic E-state index is 13.0. The van der Waals surface area contributed by atoms with Gasteiger partial charge in [0, 0.05) is 10.6 Å². The van der Waals surface area contributed by atoms with Crippen molar-refractivity contribution in [3.05, 3.63) is 70.2 Å². The first-order valence-corrected chi connectivity index (χ1v) is 6.83. The Bertz CT molecular complexity index is 669. The third kappa shape index (κ3) is 4.24. The maximum Gasteiger partial charge on any atom is 0.417 e. The van der Waals surface area contributed by atoms with E-state index < -0.39 is 11.7 Å². The summed E-state index contributed by atoms with van der Waals surface area (Å²) < 4.78 is 39.0. The Balaban J connectivity index is 2.19. The van der Waals surface area contributed by atoms with E-state index in [-0.39, 0.29) is 22.9 Å². The fourth-order valence-electron chi connectivity index (χ4n) is 1.89.